The zero-order chi connectivity index (χ0) is 31.7. The highest BCUT2D eigenvalue weighted by molar-refractivity contribution is 6.14. The Hall–Kier alpha value is -6.32. The normalized spacial score (nSPS) is 13.2. The summed E-state index contributed by atoms with van der Waals surface area (Å²) in [4.78, 5) is 10.8. The second-order valence-electron chi connectivity index (χ2n) is 12.5. The summed E-state index contributed by atoms with van der Waals surface area (Å²) in [6.45, 7) is 0. The van der Waals surface area contributed by atoms with E-state index in [0.29, 0.717) is 0 Å². The highest BCUT2D eigenvalue weighted by atomic mass is 15.1. The van der Waals surface area contributed by atoms with E-state index in [4.69, 9.17) is 9.97 Å². The van der Waals surface area contributed by atoms with Crippen LogP contribution in [-0.4, -0.2) is 14.5 Å². The van der Waals surface area contributed by atoms with Crippen molar-refractivity contribution in [1.82, 2.24) is 14.5 Å². The predicted molar refractivity (Wildman–Crippen MR) is 197 cm³/mol. The highest BCUT2D eigenvalue weighted by Gasteiger charge is 2.48. The zero-order valence-corrected chi connectivity index (χ0v) is 26.1. The maximum atomic E-state index is 5.46. The molecule has 224 valence electrons. The standard InChI is InChI=1S/C45H29N3/c1-4-16-30(17-5-1)42-44(47-39-26-14-13-25-38(39)46-42)48-40-27-15-11-23-34(40)36-29-28-35-33-22-10-12-24-37(33)45(41(35)43(36)48,31-18-6-2-7-19-31)32-20-8-3-9-21-32/h1-29H. The summed E-state index contributed by atoms with van der Waals surface area (Å²) in [6.07, 6.45) is 0. The first-order chi connectivity index (χ1) is 23.8. The molecule has 3 nitrogen and oxygen atoms in total. The van der Waals surface area contributed by atoms with E-state index in [1.54, 1.807) is 0 Å². The SMILES string of the molecule is c1ccc(-c2nc3ccccc3nc2-n2c3ccccc3c3ccc4c(c32)C(c2ccccc2)(c2ccccc2)c2ccccc2-4)cc1. The molecule has 0 bridgehead atoms. The number of fused-ring (bicyclic) bond motifs is 8. The molecule has 9 aromatic rings. The van der Waals surface area contributed by atoms with Gasteiger partial charge in [0.05, 0.1) is 27.5 Å². The van der Waals surface area contributed by atoms with Gasteiger partial charge >= 0.3 is 0 Å². The second kappa shape index (κ2) is 10.3. The van der Waals surface area contributed by atoms with Gasteiger partial charge in [-0.2, -0.15) is 0 Å². The van der Waals surface area contributed by atoms with Gasteiger partial charge in [0.15, 0.2) is 5.82 Å². The quantitative estimate of drug-likeness (QED) is 0.198. The summed E-state index contributed by atoms with van der Waals surface area (Å²) in [5, 5.41) is 2.39. The van der Waals surface area contributed by atoms with Crippen molar-refractivity contribution in [2.24, 2.45) is 0 Å². The van der Waals surface area contributed by atoms with Crippen LogP contribution in [0.4, 0.5) is 0 Å². The Kier molecular flexibility index (Phi) is 5.79. The number of aromatic nitrogens is 3. The van der Waals surface area contributed by atoms with Crippen molar-refractivity contribution in [2.45, 2.75) is 5.41 Å². The summed E-state index contributed by atoms with van der Waals surface area (Å²) in [7, 11) is 0. The maximum absolute atomic E-state index is 5.46. The lowest BCUT2D eigenvalue weighted by molar-refractivity contribution is 0.771. The molecular weight excluding hydrogens is 583 g/mol. The summed E-state index contributed by atoms with van der Waals surface area (Å²) >= 11 is 0. The Morgan fingerprint density at radius 2 is 1.02 bits per heavy atom. The fourth-order valence-electron chi connectivity index (χ4n) is 8.14. The van der Waals surface area contributed by atoms with Crippen molar-refractivity contribution in [3.63, 3.8) is 0 Å². The van der Waals surface area contributed by atoms with Crippen LogP contribution in [0.2, 0.25) is 0 Å². The molecule has 1 aliphatic carbocycles. The fraction of sp³-hybridized carbons (Fsp3) is 0.0222. The minimum absolute atomic E-state index is 0.572. The third-order valence-corrected chi connectivity index (χ3v) is 10.1. The third kappa shape index (κ3) is 3.64. The van der Waals surface area contributed by atoms with Crippen LogP contribution >= 0.6 is 0 Å². The molecule has 7 aromatic carbocycles. The Morgan fingerprint density at radius 1 is 0.438 bits per heavy atom. The number of rotatable bonds is 4. The van der Waals surface area contributed by atoms with E-state index >= 15 is 0 Å². The first kappa shape index (κ1) is 26.9. The molecule has 1 aliphatic rings. The van der Waals surface area contributed by atoms with Crippen LogP contribution in [0.25, 0.3) is 61.0 Å². The largest absolute Gasteiger partial charge is 0.292 e. The van der Waals surface area contributed by atoms with E-state index in [-0.39, 0.29) is 0 Å². The number of benzene rings is 7. The molecule has 0 fully saturated rings. The van der Waals surface area contributed by atoms with Crippen molar-refractivity contribution in [2.75, 3.05) is 0 Å². The summed E-state index contributed by atoms with van der Waals surface area (Å²) in [6, 6.07) is 63.0. The molecule has 0 amide bonds. The van der Waals surface area contributed by atoms with Gasteiger partial charge in [0.1, 0.15) is 5.69 Å². The topological polar surface area (TPSA) is 30.7 Å². The van der Waals surface area contributed by atoms with E-state index in [9.17, 15) is 0 Å². The predicted octanol–water partition coefficient (Wildman–Crippen LogP) is 10.8. The van der Waals surface area contributed by atoms with Crippen LogP contribution in [0.3, 0.4) is 0 Å². The molecule has 0 aliphatic heterocycles. The van der Waals surface area contributed by atoms with Gasteiger partial charge in [-0.3, -0.25) is 4.57 Å². The van der Waals surface area contributed by atoms with E-state index in [1.807, 2.05) is 12.1 Å². The van der Waals surface area contributed by atoms with E-state index < -0.39 is 5.41 Å². The van der Waals surface area contributed by atoms with Crippen LogP contribution < -0.4 is 0 Å². The van der Waals surface area contributed by atoms with Crippen molar-refractivity contribution in [3.05, 3.63) is 198 Å². The van der Waals surface area contributed by atoms with E-state index in [1.165, 1.54) is 44.2 Å². The summed E-state index contributed by atoms with van der Waals surface area (Å²) in [5.74, 6) is 0.825. The summed E-state index contributed by atoms with van der Waals surface area (Å²) in [5.41, 5.74) is 12.8. The minimum Gasteiger partial charge on any atom is -0.292 e. The molecular formula is C45H29N3. The Morgan fingerprint density at radius 3 is 1.75 bits per heavy atom. The van der Waals surface area contributed by atoms with Crippen LogP contribution in [0.1, 0.15) is 22.3 Å². The van der Waals surface area contributed by atoms with Gasteiger partial charge in [-0.05, 0) is 46.0 Å². The van der Waals surface area contributed by atoms with Gasteiger partial charge < -0.3 is 0 Å². The van der Waals surface area contributed by atoms with Gasteiger partial charge in [0.2, 0.25) is 0 Å². The molecule has 0 saturated heterocycles. The average molecular weight is 612 g/mol. The molecule has 0 unspecified atom stereocenters. The Balaban J connectivity index is 1.46. The van der Waals surface area contributed by atoms with Gasteiger partial charge in [-0.25, -0.2) is 9.97 Å². The number of hydrogen-bond acceptors (Lipinski definition) is 2. The number of para-hydroxylation sites is 3. The minimum atomic E-state index is -0.572. The lowest BCUT2D eigenvalue weighted by atomic mass is 9.67. The second-order valence-corrected chi connectivity index (χ2v) is 12.5. The number of hydrogen-bond donors (Lipinski definition) is 0. The van der Waals surface area contributed by atoms with E-state index in [0.717, 1.165) is 39.1 Å². The molecule has 0 saturated carbocycles. The maximum Gasteiger partial charge on any atom is 0.165 e. The first-order valence-electron chi connectivity index (χ1n) is 16.4. The van der Waals surface area contributed by atoms with Gasteiger partial charge in [-0.1, -0.05) is 158 Å². The highest BCUT2D eigenvalue weighted by Crippen LogP contribution is 2.59. The molecule has 2 heterocycles. The third-order valence-electron chi connectivity index (χ3n) is 10.1. The molecule has 0 spiro atoms. The molecule has 0 atom stereocenters. The molecule has 0 N–H and O–H groups in total. The van der Waals surface area contributed by atoms with Crippen LogP contribution in [-0.2, 0) is 5.41 Å². The van der Waals surface area contributed by atoms with Crippen LogP contribution in [0.15, 0.2) is 176 Å². The molecule has 48 heavy (non-hydrogen) atoms. The lowest BCUT2D eigenvalue weighted by Gasteiger charge is -2.34. The Bertz CT molecular complexity index is 2620. The smallest absolute Gasteiger partial charge is 0.165 e. The van der Waals surface area contributed by atoms with Gasteiger partial charge in [-0.15, -0.1) is 0 Å². The van der Waals surface area contributed by atoms with Gasteiger partial charge in [0, 0.05) is 21.9 Å². The van der Waals surface area contributed by atoms with Gasteiger partial charge in [0.25, 0.3) is 0 Å². The van der Waals surface area contributed by atoms with Crippen LogP contribution in [0, 0.1) is 0 Å². The Labute approximate surface area is 278 Å². The van der Waals surface area contributed by atoms with Crippen LogP contribution in [0.5, 0.6) is 0 Å². The zero-order valence-electron chi connectivity index (χ0n) is 26.1. The number of nitrogens with zero attached hydrogens (tertiary/aromatic N) is 3. The fourth-order valence-corrected chi connectivity index (χ4v) is 8.14. The summed E-state index contributed by atoms with van der Waals surface area (Å²) < 4.78 is 2.40. The van der Waals surface area contributed by atoms with Crippen molar-refractivity contribution in [1.29, 1.82) is 0 Å². The molecule has 3 heteroatoms. The van der Waals surface area contributed by atoms with Crippen molar-refractivity contribution >= 4 is 32.8 Å². The van der Waals surface area contributed by atoms with E-state index in [2.05, 4.69) is 168 Å². The monoisotopic (exact) mass is 611 g/mol. The first-order valence-corrected chi connectivity index (χ1v) is 16.4. The molecule has 2 aromatic heterocycles. The van der Waals surface area contributed by atoms with Crippen molar-refractivity contribution in [3.8, 4) is 28.2 Å². The van der Waals surface area contributed by atoms with Crippen molar-refractivity contribution < 1.29 is 0 Å². The lowest BCUT2D eigenvalue weighted by Crippen LogP contribution is -2.29. The average Bonchev–Trinajstić information content (AvgIpc) is 3.66. The molecule has 10 rings (SSSR count). The molecule has 0 radical (unpaired) electrons.